The normalized spacial score (nSPS) is 16.4. The van der Waals surface area contributed by atoms with Crippen molar-refractivity contribution in [2.24, 2.45) is 4.99 Å². The molecule has 0 saturated carbocycles. The fraction of sp³-hybridized carbons (Fsp3) is 0.105. The van der Waals surface area contributed by atoms with Gasteiger partial charge in [0.1, 0.15) is 0 Å². The molecule has 4 nitrogen and oxygen atoms in total. The molecule has 0 bridgehead atoms. The van der Waals surface area contributed by atoms with Gasteiger partial charge in [-0.1, -0.05) is 23.2 Å². The second-order valence-corrected chi connectivity index (χ2v) is 6.99. The van der Waals surface area contributed by atoms with Crippen molar-refractivity contribution in [3.63, 3.8) is 0 Å². The highest BCUT2D eigenvalue weighted by Gasteiger charge is 2.43. The van der Waals surface area contributed by atoms with Gasteiger partial charge in [0, 0.05) is 27.4 Å². The third kappa shape index (κ3) is 2.67. The van der Waals surface area contributed by atoms with E-state index >= 15 is 0 Å². The van der Waals surface area contributed by atoms with Crippen LogP contribution in [0.3, 0.4) is 0 Å². The fourth-order valence-electron chi connectivity index (χ4n) is 3.32. The molecule has 3 aromatic rings. The number of fused-ring (bicyclic) bond motifs is 4. The number of benzene rings is 2. The van der Waals surface area contributed by atoms with Crippen molar-refractivity contribution in [2.45, 2.75) is 12.8 Å². The Labute approximate surface area is 162 Å². The molecule has 0 atom stereocenters. The summed E-state index contributed by atoms with van der Waals surface area (Å²) in [6, 6.07) is 11.9. The predicted molar refractivity (Wildman–Crippen MR) is 97.8 cm³/mol. The predicted octanol–water partition coefficient (Wildman–Crippen LogP) is 5.46. The van der Waals surface area contributed by atoms with Crippen LogP contribution in [0.25, 0.3) is 5.69 Å². The van der Waals surface area contributed by atoms with Crippen molar-refractivity contribution in [2.75, 3.05) is 0 Å². The average molecular weight is 407 g/mol. The lowest BCUT2D eigenvalue weighted by atomic mass is 10.1. The Morgan fingerprint density at radius 3 is 2.70 bits per heavy atom. The van der Waals surface area contributed by atoms with Crippen molar-refractivity contribution in [1.82, 2.24) is 4.57 Å². The number of hydrogen-bond acceptors (Lipinski definition) is 3. The minimum absolute atomic E-state index is 0.00790. The highest BCUT2D eigenvalue weighted by Crippen LogP contribution is 2.42. The standard InChI is InChI=1S/C19H10Cl2F2N2O2/c20-11-7-13(21)12-9-24-18(14-2-1-5-25(14)15(12)8-11)10-3-4-16-17(6-10)27-19(22,23)26-16/h1-8H,9H2. The molecule has 3 heterocycles. The van der Waals surface area contributed by atoms with Crippen molar-refractivity contribution < 1.29 is 18.3 Å². The summed E-state index contributed by atoms with van der Waals surface area (Å²) >= 11 is 12.5. The molecular formula is C19H10Cl2F2N2O2. The Balaban J connectivity index is 1.66. The van der Waals surface area contributed by atoms with Gasteiger partial charge in [-0.25, -0.2) is 0 Å². The third-order valence-electron chi connectivity index (χ3n) is 4.46. The molecule has 2 aliphatic rings. The number of aliphatic imine (C=N–C) groups is 1. The fourth-order valence-corrected chi connectivity index (χ4v) is 3.86. The van der Waals surface area contributed by atoms with E-state index in [-0.39, 0.29) is 11.5 Å². The van der Waals surface area contributed by atoms with Crippen molar-refractivity contribution in [1.29, 1.82) is 0 Å². The van der Waals surface area contributed by atoms with Crippen LogP contribution in [-0.2, 0) is 6.54 Å². The molecule has 5 rings (SSSR count). The second kappa shape index (κ2) is 5.71. The molecule has 0 aliphatic carbocycles. The maximum absolute atomic E-state index is 13.3. The van der Waals surface area contributed by atoms with E-state index in [9.17, 15) is 8.78 Å². The van der Waals surface area contributed by atoms with Crippen LogP contribution in [0.5, 0.6) is 11.5 Å². The molecule has 8 heteroatoms. The van der Waals surface area contributed by atoms with Gasteiger partial charge in [0.15, 0.2) is 11.5 Å². The van der Waals surface area contributed by atoms with Crippen molar-refractivity contribution >= 4 is 28.9 Å². The van der Waals surface area contributed by atoms with Crippen LogP contribution in [0.1, 0.15) is 16.8 Å². The van der Waals surface area contributed by atoms with Crippen LogP contribution < -0.4 is 9.47 Å². The molecular weight excluding hydrogens is 397 g/mol. The first-order valence-corrected chi connectivity index (χ1v) is 8.78. The summed E-state index contributed by atoms with van der Waals surface area (Å²) in [4.78, 5) is 4.69. The molecule has 136 valence electrons. The van der Waals surface area contributed by atoms with E-state index < -0.39 is 6.29 Å². The topological polar surface area (TPSA) is 35.8 Å². The Hall–Kier alpha value is -2.57. The molecule has 0 radical (unpaired) electrons. The van der Waals surface area contributed by atoms with Crippen LogP contribution >= 0.6 is 23.2 Å². The van der Waals surface area contributed by atoms with Crippen LogP contribution in [0.15, 0.2) is 53.7 Å². The number of ether oxygens (including phenoxy) is 2. The summed E-state index contributed by atoms with van der Waals surface area (Å²) in [5.41, 5.74) is 3.71. The van der Waals surface area contributed by atoms with Gasteiger partial charge in [-0.2, -0.15) is 0 Å². The smallest absolute Gasteiger partial charge is 0.395 e. The Kier molecular flexibility index (Phi) is 3.51. The van der Waals surface area contributed by atoms with Crippen molar-refractivity contribution in [3.05, 3.63) is 75.5 Å². The number of alkyl halides is 2. The molecule has 1 aromatic heterocycles. The molecule has 0 fully saturated rings. The minimum atomic E-state index is -3.66. The van der Waals surface area contributed by atoms with E-state index in [4.69, 9.17) is 23.2 Å². The average Bonchev–Trinajstić information content (AvgIpc) is 3.15. The van der Waals surface area contributed by atoms with Crippen LogP contribution in [0.4, 0.5) is 8.78 Å². The SMILES string of the molecule is FC1(F)Oc2ccc(C3=NCc4c(Cl)cc(Cl)cc4-n4cccc43)cc2O1. The maximum Gasteiger partial charge on any atom is 0.586 e. The highest BCUT2D eigenvalue weighted by molar-refractivity contribution is 6.35. The first-order valence-electron chi connectivity index (χ1n) is 8.02. The van der Waals surface area contributed by atoms with Gasteiger partial charge < -0.3 is 14.0 Å². The lowest BCUT2D eigenvalue weighted by Crippen LogP contribution is -2.25. The van der Waals surface area contributed by atoms with E-state index in [1.807, 2.05) is 29.0 Å². The van der Waals surface area contributed by atoms with Gasteiger partial charge >= 0.3 is 6.29 Å². The van der Waals surface area contributed by atoms with Gasteiger partial charge in [-0.15, -0.1) is 8.78 Å². The molecule has 0 unspecified atom stereocenters. The number of halogens is 4. The number of nitrogens with zero attached hydrogens (tertiary/aromatic N) is 2. The summed E-state index contributed by atoms with van der Waals surface area (Å²) in [6.45, 7) is 0.326. The van der Waals surface area contributed by atoms with Gasteiger partial charge in [-0.05, 0) is 42.5 Å². The van der Waals surface area contributed by atoms with Crippen LogP contribution in [-0.4, -0.2) is 16.6 Å². The first kappa shape index (κ1) is 16.6. The number of hydrogen-bond donors (Lipinski definition) is 0. The maximum atomic E-state index is 13.3. The summed E-state index contributed by atoms with van der Waals surface area (Å²) in [6.07, 6.45) is -1.78. The Morgan fingerprint density at radius 2 is 1.85 bits per heavy atom. The molecule has 27 heavy (non-hydrogen) atoms. The van der Waals surface area contributed by atoms with E-state index in [1.54, 1.807) is 12.1 Å². The van der Waals surface area contributed by atoms with E-state index in [0.29, 0.717) is 27.9 Å². The van der Waals surface area contributed by atoms with E-state index in [0.717, 1.165) is 16.9 Å². The number of aromatic nitrogens is 1. The zero-order chi connectivity index (χ0) is 18.8. The Bertz CT molecular complexity index is 1120. The third-order valence-corrected chi connectivity index (χ3v) is 5.01. The van der Waals surface area contributed by atoms with Crippen molar-refractivity contribution in [3.8, 4) is 17.2 Å². The summed E-state index contributed by atoms with van der Waals surface area (Å²) < 4.78 is 37.6. The largest absolute Gasteiger partial charge is 0.586 e. The zero-order valence-corrected chi connectivity index (χ0v) is 15.1. The lowest BCUT2D eigenvalue weighted by molar-refractivity contribution is -0.286. The quantitative estimate of drug-likeness (QED) is 0.538. The highest BCUT2D eigenvalue weighted by atomic mass is 35.5. The lowest BCUT2D eigenvalue weighted by Gasteiger charge is -2.12. The summed E-state index contributed by atoms with van der Waals surface area (Å²) in [5.74, 6) is -0.0346. The second-order valence-electron chi connectivity index (χ2n) is 6.14. The Morgan fingerprint density at radius 1 is 1.04 bits per heavy atom. The molecule has 0 saturated heterocycles. The molecule has 0 spiro atoms. The van der Waals surface area contributed by atoms with Gasteiger partial charge in [0.2, 0.25) is 0 Å². The van der Waals surface area contributed by atoms with E-state index in [1.165, 1.54) is 12.1 Å². The summed E-state index contributed by atoms with van der Waals surface area (Å²) in [7, 11) is 0. The summed E-state index contributed by atoms with van der Waals surface area (Å²) in [5, 5.41) is 1.04. The van der Waals surface area contributed by atoms with Gasteiger partial charge in [0.05, 0.1) is 23.6 Å². The van der Waals surface area contributed by atoms with Gasteiger partial charge in [0.25, 0.3) is 0 Å². The number of rotatable bonds is 1. The van der Waals surface area contributed by atoms with E-state index in [2.05, 4.69) is 14.5 Å². The minimum Gasteiger partial charge on any atom is -0.395 e. The first-order chi connectivity index (χ1) is 12.9. The molecule has 0 amide bonds. The van der Waals surface area contributed by atoms with Gasteiger partial charge in [-0.3, -0.25) is 4.99 Å². The van der Waals surface area contributed by atoms with Crippen LogP contribution in [0, 0.1) is 0 Å². The monoisotopic (exact) mass is 406 g/mol. The van der Waals surface area contributed by atoms with Crippen LogP contribution in [0.2, 0.25) is 10.0 Å². The molecule has 2 aromatic carbocycles. The molecule has 2 aliphatic heterocycles. The zero-order valence-electron chi connectivity index (χ0n) is 13.5. The molecule has 0 N–H and O–H groups in total.